The van der Waals surface area contributed by atoms with Gasteiger partial charge in [-0.05, 0) is 65.4 Å². The third-order valence-corrected chi connectivity index (χ3v) is 11.7. The molecule has 8 aromatic carbocycles. The van der Waals surface area contributed by atoms with Crippen LogP contribution in [0, 0.1) is 0 Å². The first kappa shape index (κ1) is 31.6. The van der Waals surface area contributed by atoms with Gasteiger partial charge in [0.05, 0.1) is 33.5 Å². The molecule has 0 saturated carbocycles. The molecule has 0 saturated heterocycles. The Morgan fingerprint density at radius 3 is 1.58 bits per heavy atom. The van der Waals surface area contributed by atoms with Crippen molar-refractivity contribution in [3.63, 3.8) is 0 Å². The maximum Gasteiger partial charge on any atom is 0.0730 e. The monoisotopic (exact) mass is 726 g/mol. The van der Waals surface area contributed by atoms with Crippen LogP contribution in [0.5, 0.6) is 0 Å². The number of aromatic nitrogens is 4. The standard InChI is InChI=1S/C53H34N4/c1-4-15-36(16-5-1)48-33-40(34-49(54-48)37-17-6-2-7-18-37)56-30-28-45-47-32-39(25-27-44(47)51-46(52(45)56)29-31-55(51)38-19-8-3-9-20-38)57-50-23-13-12-22-42(50)43-26-24-35-14-10-11-21-41(35)53(43)57/h1-34H. The Labute approximate surface area is 328 Å². The summed E-state index contributed by atoms with van der Waals surface area (Å²) in [7, 11) is 0. The average molecular weight is 727 g/mol. The van der Waals surface area contributed by atoms with Crippen molar-refractivity contribution in [1.29, 1.82) is 0 Å². The van der Waals surface area contributed by atoms with E-state index in [-0.39, 0.29) is 0 Å². The van der Waals surface area contributed by atoms with E-state index in [2.05, 4.69) is 220 Å². The molecule has 12 rings (SSSR count). The molecule has 4 nitrogen and oxygen atoms in total. The lowest BCUT2D eigenvalue weighted by Gasteiger charge is -2.16. The van der Waals surface area contributed by atoms with Crippen LogP contribution in [-0.4, -0.2) is 18.7 Å². The Hall–Kier alpha value is -7.69. The van der Waals surface area contributed by atoms with Crippen molar-refractivity contribution >= 4 is 65.2 Å². The van der Waals surface area contributed by atoms with Crippen molar-refractivity contribution in [3.8, 4) is 39.6 Å². The molecule has 0 bridgehead atoms. The van der Waals surface area contributed by atoms with Crippen molar-refractivity contribution in [2.24, 2.45) is 0 Å². The van der Waals surface area contributed by atoms with E-state index in [1.807, 2.05) is 0 Å². The summed E-state index contributed by atoms with van der Waals surface area (Å²) in [5.41, 5.74) is 12.2. The highest BCUT2D eigenvalue weighted by Crippen LogP contribution is 2.42. The van der Waals surface area contributed by atoms with Crippen LogP contribution in [0.4, 0.5) is 0 Å². The Morgan fingerprint density at radius 2 is 0.860 bits per heavy atom. The highest BCUT2D eigenvalue weighted by molar-refractivity contribution is 6.25. The van der Waals surface area contributed by atoms with Crippen LogP contribution in [0.15, 0.2) is 207 Å². The number of benzene rings is 8. The molecule has 57 heavy (non-hydrogen) atoms. The first-order valence-corrected chi connectivity index (χ1v) is 19.5. The van der Waals surface area contributed by atoms with E-state index in [1.165, 1.54) is 65.2 Å². The van der Waals surface area contributed by atoms with Crippen LogP contribution in [0.3, 0.4) is 0 Å². The number of fused-ring (bicyclic) bond motifs is 11. The second-order valence-electron chi connectivity index (χ2n) is 14.8. The van der Waals surface area contributed by atoms with Crippen molar-refractivity contribution in [2.75, 3.05) is 0 Å². The fraction of sp³-hybridized carbons (Fsp3) is 0. The van der Waals surface area contributed by atoms with Gasteiger partial charge in [-0.15, -0.1) is 0 Å². The first-order valence-electron chi connectivity index (χ1n) is 19.5. The van der Waals surface area contributed by atoms with Gasteiger partial charge in [-0.2, -0.15) is 0 Å². The van der Waals surface area contributed by atoms with Crippen molar-refractivity contribution in [3.05, 3.63) is 207 Å². The summed E-state index contributed by atoms with van der Waals surface area (Å²) in [5, 5.41) is 9.81. The molecular weight excluding hydrogens is 693 g/mol. The number of hydrogen-bond acceptors (Lipinski definition) is 1. The highest BCUT2D eigenvalue weighted by Gasteiger charge is 2.21. The molecule has 4 aromatic heterocycles. The lowest BCUT2D eigenvalue weighted by molar-refractivity contribution is 1.12. The zero-order chi connectivity index (χ0) is 37.5. The number of pyridine rings is 1. The SMILES string of the molecule is c1ccc(-c2cc(-n3ccc4c5cc(-n6c7ccccc7c7ccc8ccccc8c76)ccc5c5c(ccn5-c5ccccc5)c43)cc(-c3ccccc3)n2)cc1. The maximum absolute atomic E-state index is 5.21. The summed E-state index contributed by atoms with van der Waals surface area (Å²) in [6.07, 6.45) is 4.46. The molecule has 0 unspecified atom stereocenters. The first-order chi connectivity index (χ1) is 28.3. The summed E-state index contributed by atoms with van der Waals surface area (Å²) in [4.78, 5) is 5.21. The molecule has 4 heteroatoms. The van der Waals surface area contributed by atoms with Gasteiger partial charge < -0.3 is 13.7 Å². The predicted octanol–water partition coefficient (Wildman–Crippen LogP) is 13.7. The van der Waals surface area contributed by atoms with Crippen LogP contribution < -0.4 is 0 Å². The van der Waals surface area contributed by atoms with Gasteiger partial charge in [-0.25, -0.2) is 4.98 Å². The van der Waals surface area contributed by atoms with Gasteiger partial charge in [0.25, 0.3) is 0 Å². The molecule has 0 atom stereocenters. The minimum Gasteiger partial charge on any atom is -0.316 e. The van der Waals surface area contributed by atoms with Crippen molar-refractivity contribution < 1.29 is 0 Å². The third-order valence-electron chi connectivity index (χ3n) is 11.7. The maximum atomic E-state index is 5.21. The van der Waals surface area contributed by atoms with Crippen LogP contribution in [0.1, 0.15) is 0 Å². The molecular formula is C53H34N4. The topological polar surface area (TPSA) is 27.7 Å². The summed E-state index contributed by atoms with van der Waals surface area (Å²) in [6.45, 7) is 0. The van der Waals surface area contributed by atoms with Gasteiger partial charge in [-0.1, -0.05) is 140 Å². The quantitative estimate of drug-likeness (QED) is 0.174. The number of hydrogen-bond donors (Lipinski definition) is 0. The fourth-order valence-electron chi connectivity index (χ4n) is 9.11. The van der Waals surface area contributed by atoms with E-state index in [0.717, 1.165) is 39.6 Å². The molecule has 0 aliphatic carbocycles. The second kappa shape index (κ2) is 12.4. The highest BCUT2D eigenvalue weighted by atomic mass is 15.0. The fourth-order valence-corrected chi connectivity index (χ4v) is 9.11. The molecule has 0 spiro atoms. The molecule has 266 valence electrons. The van der Waals surface area contributed by atoms with Crippen LogP contribution in [0.25, 0.3) is 105 Å². The zero-order valence-electron chi connectivity index (χ0n) is 30.9. The molecule has 0 aliphatic heterocycles. The Morgan fingerprint density at radius 1 is 0.316 bits per heavy atom. The lowest BCUT2D eigenvalue weighted by Crippen LogP contribution is -1.99. The second-order valence-corrected chi connectivity index (χ2v) is 14.8. The Kier molecular flexibility index (Phi) is 6.89. The number of para-hydroxylation sites is 2. The van der Waals surface area contributed by atoms with Gasteiger partial charge in [0, 0.05) is 72.9 Å². The zero-order valence-corrected chi connectivity index (χ0v) is 30.9. The summed E-state index contributed by atoms with van der Waals surface area (Å²) in [6, 6.07) is 69.8. The number of rotatable bonds is 5. The molecule has 4 heterocycles. The van der Waals surface area contributed by atoms with Crippen LogP contribution in [0.2, 0.25) is 0 Å². The number of nitrogens with zero attached hydrogens (tertiary/aromatic N) is 4. The van der Waals surface area contributed by atoms with E-state index in [9.17, 15) is 0 Å². The van der Waals surface area contributed by atoms with Gasteiger partial charge in [0.1, 0.15) is 0 Å². The summed E-state index contributed by atoms with van der Waals surface area (Å²) in [5.74, 6) is 0. The van der Waals surface area contributed by atoms with E-state index in [4.69, 9.17) is 4.98 Å². The van der Waals surface area contributed by atoms with Gasteiger partial charge in [-0.3, -0.25) is 0 Å². The summed E-state index contributed by atoms with van der Waals surface area (Å²) >= 11 is 0. The average Bonchev–Trinajstić information content (AvgIpc) is 4.02. The molecule has 12 aromatic rings. The third kappa shape index (κ3) is 4.84. The molecule has 0 amide bonds. The van der Waals surface area contributed by atoms with E-state index in [0.29, 0.717) is 0 Å². The minimum atomic E-state index is 0.938. The van der Waals surface area contributed by atoms with Crippen molar-refractivity contribution in [1.82, 2.24) is 18.7 Å². The molecule has 0 N–H and O–H groups in total. The summed E-state index contributed by atoms with van der Waals surface area (Å²) < 4.78 is 7.18. The van der Waals surface area contributed by atoms with Gasteiger partial charge in [0.2, 0.25) is 0 Å². The van der Waals surface area contributed by atoms with Crippen LogP contribution >= 0.6 is 0 Å². The Bertz CT molecular complexity index is 3440. The Balaban J connectivity index is 1.19. The van der Waals surface area contributed by atoms with E-state index >= 15 is 0 Å². The normalized spacial score (nSPS) is 11.9. The van der Waals surface area contributed by atoms with E-state index < -0.39 is 0 Å². The molecule has 0 aliphatic rings. The lowest BCUT2D eigenvalue weighted by atomic mass is 10.0. The smallest absolute Gasteiger partial charge is 0.0730 e. The predicted molar refractivity (Wildman–Crippen MR) is 238 cm³/mol. The molecule has 0 fully saturated rings. The molecule has 0 radical (unpaired) electrons. The van der Waals surface area contributed by atoms with E-state index in [1.54, 1.807) is 0 Å². The largest absolute Gasteiger partial charge is 0.316 e. The minimum absolute atomic E-state index is 0.938. The van der Waals surface area contributed by atoms with Crippen LogP contribution in [-0.2, 0) is 0 Å². The van der Waals surface area contributed by atoms with Gasteiger partial charge >= 0.3 is 0 Å². The van der Waals surface area contributed by atoms with Crippen molar-refractivity contribution in [2.45, 2.75) is 0 Å². The van der Waals surface area contributed by atoms with Gasteiger partial charge in [0.15, 0.2) is 0 Å².